The van der Waals surface area contributed by atoms with Gasteiger partial charge in [0, 0.05) is 18.5 Å². The molecule has 2 heterocycles. The molecule has 1 atom stereocenters. The molecular weight excluding hydrogens is 375 g/mol. The van der Waals surface area contributed by atoms with Crippen LogP contribution < -0.4 is 4.72 Å². The third-order valence-corrected chi connectivity index (χ3v) is 6.69. The van der Waals surface area contributed by atoms with E-state index in [1.807, 2.05) is 0 Å². The molecule has 1 aromatic heterocycles. The third-order valence-electron chi connectivity index (χ3n) is 4.79. The second-order valence-corrected chi connectivity index (χ2v) is 8.83. The van der Waals surface area contributed by atoms with Gasteiger partial charge >= 0.3 is 0 Å². The van der Waals surface area contributed by atoms with Crippen molar-refractivity contribution in [1.82, 2.24) is 19.8 Å². The molecule has 1 amide bonds. The van der Waals surface area contributed by atoms with Crippen LogP contribution in [0.3, 0.4) is 0 Å². The fraction of sp³-hybridized carbons (Fsp3) is 0.471. The summed E-state index contributed by atoms with van der Waals surface area (Å²) in [5.74, 6) is -0.0497. The highest BCUT2D eigenvalue weighted by molar-refractivity contribution is 7.90. The van der Waals surface area contributed by atoms with Crippen LogP contribution in [0.5, 0.6) is 0 Å². The summed E-state index contributed by atoms with van der Waals surface area (Å²) in [6.45, 7) is 0.0541. The molecule has 1 saturated carbocycles. The fourth-order valence-corrected chi connectivity index (χ4v) is 4.46. The topological polar surface area (TPSA) is 105 Å². The molecule has 2 aliphatic rings. The van der Waals surface area contributed by atoms with Gasteiger partial charge < -0.3 is 9.42 Å². The number of hydrogen-bond donors (Lipinski definition) is 1. The number of rotatable bonds is 7. The molecule has 0 spiro atoms. The van der Waals surface area contributed by atoms with E-state index >= 15 is 0 Å². The number of amides is 1. The van der Waals surface area contributed by atoms with Crippen molar-refractivity contribution in [3.05, 3.63) is 47.4 Å². The van der Waals surface area contributed by atoms with Gasteiger partial charge in [-0.3, -0.25) is 4.79 Å². The van der Waals surface area contributed by atoms with Crippen molar-refractivity contribution in [2.75, 3.05) is 0 Å². The summed E-state index contributed by atoms with van der Waals surface area (Å²) in [6, 6.07) is 5.84. The Kier molecular flexibility index (Phi) is 4.68. The number of hydrogen-bond acceptors (Lipinski definition) is 6. The predicted octanol–water partition coefficient (Wildman–Crippen LogP) is 1.65. The largest absolute Gasteiger partial charge is 0.337 e. The van der Waals surface area contributed by atoms with Gasteiger partial charge in [-0.15, -0.1) is 0 Å². The van der Waals surface area contributed by atoms with Crippen molar-refractivity contribution < 1.29 is 22.1 Å². The van der Waals surface area contributed by atoms with Crippen LogP contribution in [-0.4, -0.2) is 34.6 Å². The first kappa shape index (κ1) is 18.1. The summed E-state index contributed by atoms with van der Waals surface area (Å²) in [6.07, 6.45) is 2.14. The van der Waals surface area contributed by atoms with Crippen molar-refractivity contribution in [2.45, 2.75) is 50.1 Å². The molecule has 0 bridgehead atoms. The summed E-state index contributed by atoms with van der Waals surface area (Å²) < 4.78 is 45.4. The van der Waals surface area contributed by atoms with Gasteiger partial charge in [-0.2, -0.15) is 4.98 Å². The Bertz CT molecular complexity index is 957. The zero-order valence-electron chi connectivity index (χ0n) is 14.5. The highest BCUT2D eigenvalue weighted by atomic mass is 32.2. The van der Waals surface area contributed by atoms with Crippen molar-refractivity contribution in [3.8, 4) is 0 Å². The fourth-order valence-electron chi connectivity index (χ4n) is 3.13. The number of nitrogens with zero attached hydrogens (tertiary/aromatic N) is 3. The van der Waals surface area contributed by atoms with E-state index in [1.165, 1.54) is 11.0 Å². The minimum atomic E-state index is -3.34. The van der Waals surface area contributed by atoms with Gasteiger partial charge in [-0.05, 0) is 25.3 Å². The first-order chi connectivity index (χ1) is 12.9. The summed E-state index contributed by atoms with van der Waals surface area (Å²) in [7, 11) is -3.34. The molecule has 1 aromatic carbocycles. The lowest BCUT2D eigenvalue weighted by atomic mass is 10.1. The van der Waals surface area contributed by atoms with E-state index in [9.17, 15) is 17.6 Å². The van der Waals surface area contributed by atoms with Crippen molar-refractivity contribution in [1.29, 1.82) is 0 Å². The average Bonchev–Trinajstić information content (AvgIpc) is 3.31. The molecule has 10 heteroatoms. The number of carbonyl (C=O) groups is 1. The Morgan fingerprint density at radius 2 is 2.04 bits per heavy atom. The highest BCUT2D eigenvalue weighted by Crippen LogP contribution is 2.33. The summed E-state index contributed by atoms with van der Waals surface area (Å²) in [5, 5.41) is 3.48. The van der Waals surface area contributed by atoms with E-state index in [4.69, 9.17) is 4.52 Å². The van der Waals surface area contributed by atoms with Crippen LogP contribution in [0.15, 0.2) is 28.8 Å². The van der Waals surface area contributed by atoms with Crippen LogP contribution in [0.2, 0.25) is 0 Å². The minimum absolute atomic E-state index is 0.0592. The smallest absolute Gasteiger partial charge is 0.249 e. The Morgan fingerprint density at radius 3 is 2.78 bits per heavy atom. The van der Waals surface area contributed by atoms with Gasteiger partial charge in [0.05, 0.1) is 11.8 Å². The van der Waals surface area contributed by atoms with E-state index in [0.29, 0.717) is 31.2 Å². The van der Waals surface area contributed by atoms with Crippen molar-refractivity contribution in [3.63, 3.8) is 0 Å². The van der Waals surface area contributed by atoms with E-state index in [2.05, 4.69) is 14.9 Å². The van der Waals surface area contributed by atoms with Crippen LogP contribution >= 0.6 is 0 Å². The number of halogens is 1. The van der Waals surface area contributed by atoms with Crippen LogP contribution in [0, 0.1) is 5.82 Å². The number of likely N-dealkylation sites (tertiary alicyclic amines) is 1. The molecule has 8 nitrogen and oxygen atoms in total. The summed E-state index contributed by atoms with van der Waals surface area (Å²) in [5.41, 5.74) is 0.412. The summed E-state index contributed by atoms with van der Waals surface area (Å²) in [4.78, 5) is 18.0. The molecule has 4 rings (SSSR count). The molecule has 1 aliphatic heterocycles. The molecular formula is C17H19FN4O4S. The molecule has 27 heavy (non-hydrogen) atoms. The molecule has 0 unspecified atom stereocenters. The molecule has 2 aromatic rings. The zero-order chi connectivity index (χ0) is 19.0. The van der Waals surface area contributed by atoms with E-state index < -0.39 is 16.1 Å². The van der Waals surface area contributed by atoms with Gasteiger partial charge in [0.2, 0.25) is 21.8 Å². The van der Waals surface area contributed by atoms with Crippen LogP contribution in [0.1, 0.15) is 49.0 Å². The first-order valence-electron chi connectivity index (χ1n) is 8.78. The molecule has 1 aliphatic carbocycles. The molecule has 1 N–H and O–H groups in total. The quantitative estimate of drug-likeness (QED) is 0.766. The molecule has 144 valence electrons. The Hall–Kier alpha value is -2.33. The lowest BCUT2D eigenvalue weighted by molar-refractivity contribution is -0.130. The normalized spacial score (nSPS) is 20.4. The standard InChI is InChI=1S/C17H19FN4O4S/c18-13-4-2-1-3-11(13)10-22-14(7-8-16(22)23)17-20-15(21-26-17)9-19-27(24,25)12-5-6-12/h1-4,12,14,19H,5-10H2/t14-/m0/s1. The minimum Gasteiger partial charge on any atom is -0.337 e. The van der Waals surface area contributed by atoms with Gasteiger partial charge in [0.15, 0.2) is 5.82 Å². The Morgan fingerprint density at radius 1 is 1.26 bits per heavy atom. The SMILES string of the molecule is O=C1CC[C@@H](c2nc(CNS(=O)(=O)C3CC3)no2)N1Cc1ccccc1F. The van der Waals surface area contributed by atoms with Crippen LogP contribution in [0.25, 0.3) is 0 Å². The van der Waals surface area contributed by atoms with E-state index in [0.717, 1.165) is 0 Å². The van der Waals surface area contributed by atoms with Crippen LogP contribution in [0.4, 0.5) is 4.39 Å². The lowest BCUT2D eigenvalue weighted by Gasteiger charge is -2.22. The van der Waals surface area contributed by atoms with E-state index in [-0.39, 0.29) is 41.8 Å². The monoisotopic (exact) mass is 394 g/mol. The second-order valence-electron chi connectivity index (χ2n) is 6.78. The zero-order valence-corrected chi connectivity index (χ0v) is 15.3. The maximum Gasteiger partial charge on any atom is 0.249 e. The molecule has 2 fully saturated rings. The van der Waals surface area contributed by atoms with Crippen LogP contribution in [-0.2, 0) is 27.9 Å². The molecule has 0 radical (unpaired) electrons. The van der Waals surface area contributed by atoms with Gasteiger partial charge in [-0.25, -0.2) is 17.5 Å². The summed E-state index contributed by atoms with van der Waals surface area (Å²) >= 11 is 0. The van der Waals surface area contributed by atoms with E-state index in [1.54, 1.807) is 18.2 Å². The number of nitrogens with one attached hydrogen (secondary N) is 1. The lowest BCUT2D eigenvalue weighted by Crippen LogP contribution is -2.28. The third kappa shape index (κ3) is 3.86. The van der Waals surface area contributed by atoms with Gasteiger partial charge in [0.1, 0.15) is 11.9 Å². The Labute approximate surface area is 155 Å². The number of carbonyl (C=O) groups excluding carboxylic acids is 1. The predicted molar refractivity (Wildman–Crippen MR) is 92.0 cm³/mol. The maximum atomic E-state index is 13.9. The molecule has 1 saturated heterocycles. The first-order valence-corrected chi connectivity index (χ1v) is 10.3. The second kappa shape index (κ2) is 7.01. The number of benzene rings is 1. The van der Waals surface area contributed by atoms with Gasteiger partial charge in [-0.1, -0.05) is 23.4 Å². The highest BCUT2D eigenvalue weighted by Gasteiger charge is 2.37. The number of sulfonamides is 1. The van der Waals surface area contributed by atoms with Crippen molar-refractivity contribution >= 4 is 15.9 Å². The Balaban J connectivity index is 1.46. The van der Waals surface area contributed by atoms with Gasteiger partial charge in [0.25, 0.3) is 0 Å². The number of aromatic nitrogens is 2. The maximum absolute atomic E-state index is 13.9. The van der Waals surface area contributed by atoms with Crippen molar-refractivity contribution in [2.24, 2.45) is 0 Å². The average molecular weight is 394 g/mol.